The van der Waals surface area contributed by atoms with Crippen LogP contribution in [0.25, 0.3) is 21.1 Å². The summed E-state index contributed by atoms with van der Waals surface area (Å²) in [6, 6.07) is 7.74. The maximum Gasteiger partial charge on any atom is 0.345 e. The van der Waals surface area contributed by atoms with Gasteiger partial charge in [-0.25, -0.2) is 4.79 Å². The van der Waals surface area contributed by atoms with E-state index in [-0.39, 0.29) is 0 Å². The number of rotatable bonds is 1. The van der Waals surface area contributed by atoms with Crippen LogP contribution in [0.4, 0.5) is 0 Å². The van der Waals surface area contributed by atoms with Gasteiger partial charge >= 0.3 is 5.97 Å². The third kappa shape index (κ3) is 1.17. The lowest BCUT2D eigenvalue weighted by Crippen LogP contribution is -1.89. The molecule has 16 heavy (non-hydrogen) atoms. The molecule has 0 aliphatic heterocycles. The van der Waals surface area contributed by atoms with E-state index >= 15 is 0 Å². The Labute approximate surface area is 95.3 Å². The average Bonchev–Trinajstić information content (AvgIpc) is 2.73. The molecule has 0 saturated heterocycles. The third-order valence-electron chi connectivity index (χ3n) is 2.71. The SMILES string of the molecule is Cc1cccc2[nH]c3cc(C(=O)O)sc3c12. The number of aromatic carboxylic acids is 1. The number of aromatic amines is 1. The van der Waals surface area contributed by atoms with Crippen molar-refractivity contribution in [3.8, 4) is 0 Å². The summed E-state index contributed by atoms with van der Waals surface area (Å²) in [6.07, 6.45) is 0. The van der Waals surface area contributed by atoms with Crippen LogP contribution >= 0.6 is 11.3 Å². The minimum atomic E-state index is -0.865. The molecule has 0 unspecified atom stereocenters. The van der Waals surface area contributed by atoms with Gasteiger partial charge in [0.05, 0.1) is 10.2 Å². The summed E-state index contributed by atoms with van der Waals surface area (Å²) in [5, 5.41) is 10.1. The van der Waals surface area contributed by atoms with E-state index in [2.05, 4.69) is 4.98 Å². The summed E-state index contributed by atoms with van der Waals surface area (Å²) in [7, 11) is 0. The minimum Gasteiger partial charge on any atom is -0.477 e. The number of hydrogen-bond donors (Lipinski definition) is 2. The molecule has 2 heterocycles. The molecule has 0 fully saturated rings. The molecule has 0 amide bonds. The van der Waals surface area contributed by atoms with Gasteiger partial charge in [-0.05, 0) is 24.6 Å². The van der Waals surface area contributed by atoms with Gasteiger partial charge in [-0.15, -0.1) is 11.3 Å². The smallest absolute Gasteiger partial charge is 0.345 e. The highest BCUT2D eigenvalue weighted by Crippen LogP contribution is 2.34. The second-order valence-corrected chi connectivity index (χ2v) is 4.83. The Morgan fingerprint density at radius 3 is 2.94 bits per heavy atom. The molecule has 0 bridgehead atoms. The zero-order valence-electron chi connectivity index (χ0n) is 8.57. The van der Waals surface area contributed by atoms with Gasteiger partial charge in [-0.2, -0.15) is 0 Å². The first-order valence-electron chi connectivity index (χ1n) is 4.91. The Kier molecular flexibility index (Phi) is 1.82. The molecule has 0 saturated carbocycles. The number of carboxylic acid groups (broad SMARTS) is 1. The lowest BCUT2D eigenvalue weighted by Gasteiger charge is -1.94. The van der Waals surface area contributed by atoms with Crippen molar-refractivity contribution in [2.24, 2.45) is 0 Å². The van der Waals surface area contributed by atoms with Crippen molar-refractivity contribution in [2.45, 2.75) is 6.92 Å². The summed E-state index contributed by atoms with van der Waals surface area (Å²) >= 11 is 1.32. The minimum absolute atomic E-state index is 0.381. The Balaban J connectivity index is 2.46. The van der Waals surface area contributed by atoms with E-state index in [1.807, 2.05) is 25.1 Å². The van der Waals surface area contributed by atoms with Crippen LogP contribution in [0.1, 0.15) is 15.2 Å². The average molecular weight is 231 g/mol. The van der Waals surface area contributed by atoms with Crippen molar-refractivity contribution in [3.05, 3.63) is 34.7 Å². The monoisotopic (exact) mass is 231 g/mol. The predicted octanol–water partition coefficient (Wildman–Crippen LogP) is 3.39. The quantitative estimate of drug-likeness (QED) is 0.674. The number of aryl methyl sites for hydroxylation is 1. The second-order valence-electron chi connectivity index (χ2n) is 3.78. The van der Waals surface area contributed by atoms with Gasteiger partial charge in [0.15, 0.2) is 0 Å². The molecule has 0 spiro atoms. The standard InChI is InChI=1S/C12H9NO2S/c1-6-3-2-4-7-10(6)11-8(13-7)5-9(16-11)12(14)15/h2-5,13H,1H3,(H,14,15). The van der Waals surface area contributed by atoms with Crippen LogP contribution in [0.15, 0.2) is 24.3 Å². The number of carbonyl (C=O) groups is 1. The zero-order valence-corrected chi connectivity index (χ0v) is 9.39. The maximum atomic E-state index is 10.9. The summed E-state index contributed by atoms with van der Waals surface area (Å²) in [5.41, 5.74) is 3.15. The van der Waals surface area contributed by atoms with Gasteiger partial charge in [0, 0.05) is 10.9 Å². The molecule has 3 aromatic rings. The van der Waals surface area contributed by atoms with Crippen LogP contribution in [0.3, 0.4) is 0 Å². The van der Waals surface area contributed by atoms with E-state index < -0.39 is 5.97 Å². The Hall–Kier alpha value is -1.81. The van der Waals surface area contributed by atoms with Crippen LogP contribution in [0, 0.1) is 6.92 Å². The topological polar surface area (TPSA) is 53.1 Å². The lowest BCUT2D eigenvalue weighted by molar-refractivity contribution is 0.0702. The van der Waals surface area contributed by atoms with Gasteiger partial charge in [0.2, 0.25) is 0 Å². The number of fused-ring (bicyclic) bond motifs is 3. The van der Waals surface area contributed by atoms with Gasteiger partial charge in [-0.3, -0.25) is 0 Å². The van der Waals surface area contributed by atoms with Gasteiger partial charge in [0.1, 0.15) is 4.88 Å². The van der Waals surface area contributed by atoms with Crippen LogP contribution in [0.5, 0.6) is 0 Å². The Bertz CT molecular complexity index is 708. The van der Waals surface area contributed by atoms with Crippen LogP contribution in [-0.4, -0.2) is 16.1 Å². The molecule has 0 atom stereocenters. The fraction of sp³-hybridized carbons (Fsp3) is 0.0833. The number of carboxylic acids is 1. The predicted molar refractivity (Wildman–Crippen MR) is 65.4 cm³/mol. The normalized spacial score (nSPS) is 11.3. The van der Waals surface area contributed by atoms with E-state index in [0.29, 0.717) is 4.88 Å². The maximum absolute atomic E-state index is 10.9. The highest BCUT2D eigenvalue weighted by Gasteiger charge is 2.13. The molecule has 0 radical (unpaired) electrons. The number of hydrogen-bond acceptors (Lipinski definition) is 2. The van der Waals surface area contributed by atoms with Gasteiger partial charge in [-0.1, -0.05) is 12.1 Å². The highest BCUT2D eigenvalue weighted by atomic mass is 32.1. The number of benzene rings is 1. The third-order valence-corrected chi connectivity index (χ3v) is 3.85. The second kappa shape index (κ2) is 3.09. The fourth-order valence-electron chi connectivity index (χ4n) is 1.99. The summed E-state index contributed by atoms with van der Waals surface area (Å²) in [4.78, 5) is 14.5. The van der Waals surface area contributed by atoms with E-state index in [0.717, 1.165) is 21.1 Å². The van der Waals surface area contributed by atoms with Gasteiger partial charge in [0.25, 0.3) is 0 Å². The molecular weight excluding hydrogens is 222 g/mol. The molecule has 0 aliphatic rings. The largest absolute Gasteiger partial charge is 0.477 e. The van der Waals surface area contributed by atoms with E-state index in [4.69, 9.17) is 5.11 Å². The molecular formula is C12H9NO2S. The molecule has 2 aromatic heterocycles. The van der Waals surface area contributed by atoms with Crippen LogP contribution in [0.2, 0.25) is 0 Å². The van der Waals surface area contributed by atoms with Crippen molar-refractivity contribution in [1.29, 1.82) is 0 Å². The molecule has 80 valence electrons. The zero-order chi connectivity index (χ0) is 11.3. The molecule has 3 nitrogen and oxygen atoms in total. The number of aromatic nitrogens is 1. The fourth-order valence-corrected chi connectivity index (χ4v) is 3.07. The van der Waals surface area contributed by atoms with Crippen molar-refractivity contribution in [2.75, 3.05) is 0 Å². The number of nitrogens with one attached hydrogen (secondary N) is 1. The van der Waals surface area contributed by atoms with E-state index in [1.165, 1.54) is 16.9 Å². The van der Waals surface area contributed by atoms with Crippen LogP contribution < -0.4 is 0 Å². The van der Waals surface area contributed by atoms with Gasteiger partial charge < -0.3 is 10.1 Å². The summed E-state index contributed by atoms with van der Waals surface area (Å²) < 4.78 is 1.03. The van der Waals surface area contributed by atoms with Crippen molar-refractivity contribution < 1.29 is 9.90 Å². The first-order valence-corrected chi connectivity index (χ1v) is 5.72. The van der Waals surface area contributed by atoms with E-state index in [1.54, 1.807) is 6.07 Å². The molecule has 3 rings (SSSR count). The first-order chi connectivity index (χ1) is 7.66. The molecule has 4 heteroatoms. The lowest BCUT2D eigenvalue weighted by atomic mass is 10.1. The van der Waals surface area contributed by atoms with Crippen molar-refractivity contribution in [1.82, 2.24) is 4.98 Å². The van der Waals surface area contributed by atoms with Crippen molar-refractivity contribution in [3.63, 3.8) is 0 Å². The summed E-state index contributed by atoms with van der Waals surface area (Å²) in [5.74, 6) is -0.865. The number of H-pyrrole nitrogens is 1. The van der Waals surface area contributed by atoms with Crippen LogP contribution in [-0.2, 0) is 0 Å². The number of thiophene rings is 1. The summed E-state index contributed by atoms with van der Waals surface area (Å²) in [6.45, 7) is 2.04. The Morgan fingerprint density at radius 1 is 1.38 bits per heavy atom. The highest BCUT2D eigenvalue weighted by molar-refractivity contribution is 7.21. The first kappa shape index (κ1) is 9.42. The molecule has 1 aromatic carbocycles. The Morgan fingerprint density at radius 2 is 2.19 bits per heavy atom. The molecule has 2 N–H and O–H groups in total. The van der Waals surface area contributed by atoms with Crippen molar-refractivity contribution >= 4 is 38.4 Å². The molecule has 0 aliphatic carbocycles. The van der Waals surface area contributed by atoms with E-state index in [9.17, 15) is 4.79 Å².